The standard InChI is InChI=1S/C10H19N3O2/c1-8(11)10-4-12-7-13(10)5-9(15-3)6-14-2/h4,7-9H,5-6,11H2,1-3H3. The van der Waals surface area contributed by atoms with Gasteiger partial charge in [-0.2, -0.15) is 0 Å². The second-order valence-corrected chi connectivity index (χ2v) is 3.57. The molecule has 2 unspecified atom stereocenters. The third-order valence-electron chi connectivity index (χ3n) is 2.30. The summed E-state index contributed by atoms with van der Waals surface area (Å²) in [7, 11) is 3.33. The predicted molar refractivity (Wildman–Crippen MR) is 57.5 cm³/mol. The highest BCUT2D eigenvalue weighted by atomic mass is 16.5. The average Bonchev–Trinajstić information content (AvgIpc) is 2.65. The number of rotatable bonds is 6. The van der Waals surface area contributed by atoms with Gasteiger partial charge in [-0.05, 0) is 6.92 Å². The Kier molecular flexibility index (Phi) is 4.74. The van der Waals surface area contributed by atoms with E-state index in [1.807, 2.05) is 11.5 Å². The molecule has 0 saturated heterocycles. The number of hydrogen-bond acceptors (Lipinski definition) is 4. The van der Waals surface area contributed by atoms with Crippen molar-refractivity contribution in [1.29, 1.82) is 0 Å². The normalized spacial score (nSPS) is 15.2. The third kappa shape index (κ3) is 3.30. The molecule has 86 valence electrons. The second kappa shape index (κ2) is 5.85. The molecule has 0 radical (unpaired) electrons. The van der Waals surface area contributed by atoms with Crippen molar-refractivity contribution in [2.45, 2.75) is 25.6 Å². The van der Waals surface area contributed by atoms with Crippen LogP contribution >= 0.6 is 0 Å². The van der Waals surface area contributed by atoms with E-state index in [0.29, 0.717) is 13.2 Å². The van der Waals surface area contributed by atoms with Gasteiger partial charge in [0.05, 0.1) is 31.3 Å². The number of ether oxygens (including phenoxy) is 2. The van der Waals surface area contributed by atoms with Crippen LogP contribution in [0.15, 0.2) is 12.5 Å². The van der Waals surface area contributed by atoms with E-state index in [9.17, 15) is 0 Å². The molecule has 0 amide bonds. The molecule has 0 aromatic carbocycles. The molecule has 1 aromatic heterocycles. The molecule has 5 nitrogen and oxygen atoms in total. The molecule has 0 bridgehead atoms. The highest BCUT2D eigenvalue weighted by Crippen LogP contribution is 2.10. The Morgan fingerprint density at radius 3 is 2.80 bits per heavy atom. The van der Waals surface area contributed by atoms with Crippen molar-refractivity contribution in [3.8, 4) is 0 Å². The van der Waals surface area contributed by atoms with Crippen LogP contribution in [0.1, 0.15) is 18.7 Å². The van der Waals surface area contributed by atoms with Crippen molar-refractivity contribution in [2.75, 3.05) is 20.8 Å². The van der Waals surface area contributed by atoms with E-state index in [4.69, 9.17) is 15.2 Å². The molecule has 0 spiro atoms. The number of nitrogens with zero attached hydrogens (tertiary/aromatic N) is 2. The maximum Gasteiger partial charge on any atom is 0.0983 e. The Hall–Kier alpha value is -0.910. The van der Waals surface area contributed by atoms with E-state index in [1.165, 1.54) is 0 Å². The van der Waals surface area contributed by atoms with Crippen molar-refractivity contribution in [2.24, 2.45) is 5.73 Å². The van der Waals surface area contributed by atoms with E-state index in [-0.39, 0.29) is 12.1 Å². The van der Waals surface area contributed by atoms with Gasteiger partial charge in [0, 0.05) is 26.5 Å². The molecule has 0 saturated carbocycles. The van der Waals surface area contributed by atoms with Gasteiger partial charge in [-0.1, -0.05) is 0 Å². The first-order valence-corrected chi connectivity index (χ1v) is 4.96. The fourth-order valence-electron chi connectivity index (χ4n) is 1.46. The number of methoxy groups -OCH3 is 2. The molecule has 2 atom stereocenters. The first-order chi connectivity index (χ1) is 7.19. The van der Waals surface area contributed by atoms with Crippen LogP contribution in [0.2, 0.25) is 0 Å². The highest BCUT2D eigenvalue weighted by molar-refractivity contribution is 5.03. The zero-order valence-electron chi connectivity index (χ0n) is 9.51. The van der Waals surface area contributed by atoms with Crippen molar-refractivity contribution >= 4 is 0 Å². The minimum atomic E-state index is -0.0208. The fourth-order valence-corrected chi connectivity index (χ4v) is 1.46. The van der Waals surface area contributed by atoms with Gasteiger partial charge < -0.3 is 19.8 Å². The first-order valence-electron chi connectivity index (χ1n) is 4.96. The lowest BCUT2D eigenvalue weighted by molar-refractivity contribution is 0.0178. The van der Waals surface area contributed by atoms with E-state index >= 15 is 0 Å². The number of hydrogen-bond donors (Lipinski definition) is 1. The maximum absolute atomic E-state index is 5.82. The zero-order valence-corrected chi connectivity index (χ0v) is 9.51. The van der Waals surface area contributed by atoms with E-state index in [1.54, 1.807) is 26.7 Å². The highest BCUT2D eigenvalue weighted by Gasteiger charge is 2.12. The van der Waals surface area contributed by atoms with Crippen LogP contribution < -0.4 is 5.73 Å². The van der Waals surface area contributed by atoms with Gasteiger partial charge in [-0.25, -0.2) is 4.98 Å². The summed E-state index contributed by atoms with van der Waals surface area (Å²) >= 11 is 0. The van der Waals surface area contributed by atoms with Crippen molar-refractivity contribution in [3.05, 3.63) is 18.2 Å². The molecule has 1 heterocycles. The lowest BCUT2D eigenvalue weighted by Gasteiger charge is -2.17. The Morgan fingerprint density at radius 2 is 2.27 bits per heavy atom. The van der Waals surface area contributed by atoms with E-state index in [2.05, 4.69) is 4.98 Å². The third-order valence-corrected chi connectivity index (χ3v) is 2.30. The Balaban J connectivity index is 2.65. The lowest BCUT2D eigenvalue weighted by Crippen LogP contribution is -2.25. The predicted octanol–water partition coefficient (Wildman–Crippen LogP) is 0.564. The monoisotopic (exact) mass is 213 g/mol. The Bertz CT molecular complexity index is 286. The van der Waals surface area contributed by atoms with Crippen LogP contribution in [-0.2, 0) is 16.0 Å². The van der Waals surface area contributed by atoms with Gasteiger partial charge in [0.25, 0.3) is 0 Å². The summed E-state index contributed by atoms with van der Waals surface area (Å²) in [5, 5.41) is 0. The Labute approximate surface area is 90.2 Å². The van der Waals surface area contributed by atoms with Crippen LogP contribution in [0.25, 0.3) is 0 Å². The van der Waals surface area contributed by atoms with Gasteiger partial charge in [0.2, 0.25) is 0 Å². The van der Waals surface area contributed by atoms with Gasteiger partial charge in [-0.15, -0.1) is 0 Å². The van der Waals surface area contributed by atoms with Gasteiger partial charge in [-0.3, -0.25) is 0 Å². The van der Waals surface area contributed by atoms with Gasteiger partial charge in [0.1, 0.15) is 0 Å². The quantitative estimate of drug-likeness (QED) is 0.750. The minimum absolute atomic E-state index is 0.0208. The molecule has 0 aliphatic heterocycles. The maximum atomic E-state index is 5.82. The van der Waals surface area contributed by atoms with Crippen LogP contribution in [0, 0.1) is 0 Å². The van der Waals surface area contributed by atoms with Crippen molar-refractivity contribution in [1.82, 2.24) is 9.55 Å². The number of nitrogens with two attached hydrogens (primary N) is 1. The second-order valence-electron chi connectivity index (χ2n) is 3.57. The summed E-state index contributed by atoms with van der Waals surface area (Å²) in [4.78, 5) is 4.08. The van der Waals surface area contributed by atoms with Crippen LogP contribution in [0.3, 0.4) is 0 Å². The van der Waals surface area contributed by atoms with Crippen LogP contribution in [-0.4, -0.2) is 36.5 Å². The molecule has 1 rings (SSSR count). The van der Waals surface area contributed by atoms with Gasteiger partial charge in [0.15, 0.2) is 0 Å². The molecule has 15 heavy (non-hydrogen) atoms. The fraction of sp³-hybridized carbons (Fsp3) is 0.700. The SMILES string of the molecule is COCC(Cn1cncc1C(C)N)OC. The summed E-state index contributed by atoms with van der Waals surface area (Å²) in [5.74, 6) is 0. The molecule has 2 N–H and O–H groups in total. The van der Waals surface area contributed by atoms with Crippen molar-refractivity contribution in [3.63, 3.8) is 0 Å². The lowest BCUT2D eigenvalue weighted by atomic mass is 10.2. The number of imidazole rings is 1. The molecule has 5 heteroatoms. The zero-order chi connectivity index (χ0) is 11.3. The van der Waals surface area contributed by atoms with Crippen LogP contribution in [0.4, 0.5) is 0 Å². The Morgan fingerprint density at radius 1 is 1.53 bits per heavy atom. The molecular formula is C10H19N3O2. The molecule has 0 aliphatic rings. The summed E-state index contributed by atoms with van der Waals surface area (Å²) < 4.78 is 12.3. The smallest absolute Gasteiger partial charge is 0.0983 e. The number of aromatic nitrogens is 2. The van der Waals surface area contributed by atoms with Crippen LogP contribution in [0.5, 0.6) is 0 Å². The average molecular weight is 213 g/mol. The minimum Gasteiger partial charge on any atom is -0.382 e. The summed E-state index contributed by atoms with van der Waals surface area (Å²) in [5.41, 5.74) is 6.82. The first kappa shape index (κ1) is 12.2. The van der Waals surface area contributed by atoms with E-state index < -0.39 is 0 Å². The topological polar surface area (TPSA) is 62.3 Å². The van der Waals surface area contributed by atoms with Gasteiger partial charge >= 0.3 is 0 Å². The summed E-state index contributed by atoms with van der Waals surface area (Å²) in [6, 6.07) is -0.0208. The molecule has 1 aromatic rings. The molecule has 0 fully saturated rings. The molecule has 0 aliphatic carbocycles. The summed E-state index contributed by atoms with van der Waals surface area (Å²) in [6.07, 6.45) is 3.58. The summed E-state index contributed by atoms with van der Waals surface area (Å²) in [6.45, 7) is 3.21. The largest absolute Gasteiger partial charge is 0.382 e. The van der Waals surface area contributed by atoms with E-state index in [0.717, 1.165) is 5.69 Å². The van der Waals surface area contributed by atoms with Crippen molar-refractivity contribution < 1.29 is 9.47 Å². The molecular weight excluding hydrogens is 194 g/mol.